The van der Waals surface area contributed by atoms with Crippen LogP contribution in [0.5, 0.6) is 0 Å². The van der Waals surface area contributed by atoms with E-state index in [-0.39, 0.29) is 0 Å². The SMILES string of the molecule is NCCCCCC(=O)N1CCCC1. The molecule has 3 nitrogen and oxygen atoms in total. The number of carbonyl (C=O) groups is 1. The minimum atomic E-state index is 0.342. The van der Waals surface area contributed by atoms with Crippen LogP contribution < -0.4 is 5.73 Å². The zero-order valence-electron chi connectivity index (χ0n) is 8.30. The summed E-state index contributed by atoms with van der Waals surface area (Å²) in [6.07, 6.45) is 6.25. The Balaban J connectivity index is 2.03. The highest BCUT2D eigenvalue weighted by molar-refractivity contribution is 5.76. The van der Waals surface area contributed by atoms with Gasteiger partial charge in [-0.1, -0.05) is 6.42 Å². The van der Waals surface area contributed by atoms with Gasteiger partial charge in [-0.2, -0.15) is 0 Å². The highest BCUT2D eigenvalue weighted by Crippen LogP contribution is 2.10. The van der Waals surface area contributed by atoms with Crippen molar-refractivity contribution in [2.45, 2.75) is 38.5 Å². The molecule has 1 heterocycles. The van der Waals surface area contributed by atoms with E-state index in [4.69, 9.17) is 5.73 Å². The van der Waals surface area contributed by atoms with Crippen LogP contribution in [0.25, 0.3) is 0 Å². The van der Waals surface area contributed by atoms with Crippen molar-refractivity contribution in [3.8, 4) is 0 Å². The predicted octanol–water partition coefficient (Wildman–Crippen LogP) is 1.13. The Morgan fingerprint density at radius 2 is 1.85 bits per heavy atom. The molecule has 1 amide bonds. The minimum Gasteiger partial charge on any atom is -0.343 e. The number of carbonyl (C=O) groups excluding carboxylic acids is 1. The van der Waals surface area contributed by atoms with Crippen LogP contribution in [0.2, 0.25) is 0 Å². The fraction of sp³-hybridized carbons (Fsp3) is 0.900. The Kier molecular flexibility index (Phi) is 4.83. The highest BCUT2D eigenvalue weighted by Gasteiger charge is 2.16. The van der Waals surface area contributed by atoms with Crippen molar-refractivity contribution < 1.29 is 4.79 Å². The van der Waals surface area contributed by atoms with Crippen molar-refractivity contribution in [3.63, 3.8) is 0 Å². The molecule has 0 aromatic heterocycles. The Morgan fingerprint density at radius 1 is 1.15 bits per heavy atom. The van der Waals surface area contributed by atoms with Crippen LogP contribution in [-0.2, 0) is 4.79 Å². The number of amides is 1. The zero-order chi connectivity index (χ0) is 9.52. The molecule has 13 heavy (non-hydrogen) atoms. The standard InChI is InChI=1S/C10H20N2O/c11-7-3-1-2-6-10(13)12-8-4-5-9-12/h1-9,11H2. The third kappa shape index (κ3) is 3.77. The molecule has 0 radical (unpaired) electrons. The molecule has 1 saturated heterocycles. The molecule has 0 bridgehead atoms. The number of nitrogens with zero attached hydrogens (tertiary/aromatic N) is 1. The molecule has 1 aliphatic heterocycles. The largest absolute Gasteiger partial charge is 0.343 e. The first-order chi connectivity index (χ1) is 6.34. The van der Waals surface area contributed by atoms with Gasteiger partial charge in [0.25, 0.3) is 0 Å². The number of nitrogens with two attached hydrogens (primary N) is 1. The molecule has 76 valence electrons. The van der Waals surface area contributed by atoms with Gasteiger partial charge in [-0.05, 0) is 32.2 Å². The number of unbranched alkanes of at least 4 members (excludes halogenated alkanes) is 2. The van der Waals surface area contributed by atoms with E-state index in [2.05, 4.69) is 0 Å². The second-order valence-corrected chi connectivity index (χ2v) is 3.69. The monoisotopic (exact) mass is 184 g/mol. The molecule has 1 rings (SSSR count). The van der Waals surface area contributed by atoms with Crippen LogP contribution in [0.1, 0.15) is 38.5 Å². The van der Waals surface area contributed by atoms with Crippen molar-refractivity contribution in [1.82, 2.24) is 4.90 Å². The summed E-state index contributed by atoms with van der Waals surface area (Å²) in [5.74, 6) is 0.342. The molecule has 0 saturated carbocycles. The van der Waals surface area contributed by atoms with E-state index in [0.717, 1.165) is 45.3 Å². The second-order valence-electron chi connectivity index (χ2n) is 3.69. The summed E-state index contributed by atoms with van der Waals surface area (Å²) in [6, 6.07) is 0. The van der Waals surface area contributed by atoms with Crippen molar-refractivity contribution in [2.75, 3.05) is 19.6 Å². The Bertz CT molecular complexity index is 153. The number of hydrogen-bond acceptors (Lipinski definition) is 2. The summed E-state index contributed by atoms with van der Waals surface area (Å²) in [4.78, 5) is 13.5. The predicted molar refractivity (Wildman–Crippen MR) is 53.3 cm³/mol. The van der Waals surface area contributed by atoms with Gasteiger partial charge in [0, 0.05) is 19.5 Å². The molecular weight excluding hydrogens is 164 g/mol. The smallest absolute Gasteiger partial charge is 0.222 e. The number of hydrogen-bond donors (Lipinski definition) is 1. The van der Waals surface area contributed by atoms with E-state index in [1.54, 1.807) is 0 Å². The van der Waals surface area contributed by atoms with Gasteiger partial charge >= 0.3 is 0 Å². The van der Waals surface area contributed by atoms with E-state index in [1.807, 2.05) is 4.90 Å². The number of likely N-dealkylation sites (tertiary alicyclic amines) is 1. The molecule has 2 N–H and O–H groups in total. The van der Waals surface area contributed by atoms with E-state index < -0.39 is 0 Å². The maximum atomic E-state index is 11.5. The van der Waals surface area contributed by atoms with E-state index in [0.29, 0.717) is 5.91 Å². The summed E-state index contributed by atoms with van der Waals surface area (Å²) >= 11 is 0. The Morgan fingerprint density at radius 3 is 2.46 bits per heavy atom. The van der Waals surface area contributed by atoms with Crippen molar-refractivity contribution in [2.24, 2.45) is 5.73 Å². The van der Waals surface area contributed by atoms with Gasteiger partial charge in [-0.3, -0.25) is 4.79 Å². The average Bonchev–Trinajstić information content (AvgIpc) is 2.65. The first kappa shape index (κ1) is 10.5. The lowest BCUT2D eigenvalue weighted by Gasteiger charge is -2.14. The quantitative estimate of drug-likeness (QED) is 0.651. The maximum Gasteiger partial charge on any atom is 0.222 e. The molecule has 1 fully saturated rings. The lowest BCUT2D eigenvalue weighted by atomic mass is 10.2. The van der Waals surface area contributed by atoms with E-state index in [9.17, 15) is 4.79 Å². The summed E-state index contributed by atoms with van der Waals surface area (Å²) in [6.45, 7) is 2.71. The Hall–Kier alpha value is -0.570. The van der Waals surface area contributed by atoms with Crippen LogP contribution in [0, 0.1) is 0 Å². The first-order valence-corrected chi connectivity index (χ1v) is 5.32. The lowest BCUT2D eigenvalue weighted by molar-refractivity contribution is -0.130. The van der Waals surface area contributed by atoms with Gasteiger partial charge < -0.3 is 10.6 Å². The van der Waals surface area contributed by atoms with Gasteiger partial charge in [0.15, 0.2) is 0 Å². The van der Waals surface area contributed by atoms with Crippen LogP contribution in [0.3, 0.4) is 0 Å². The van der Waals surface area contributed by atoms with Crippen LogP contribution in [0.4, 0.5) is 0 Å². The molecule has 3 heteroatoms. The minimum absolute atomic E-state index is 0.342. The summed E-state index contributed by atoms with van der Waals surface area (Å²) in [5.41, 5.74) is 5.37. The molecule has 0 aromatic rings. The van der Waals surface area contributed by atoms with Gasteiger partial charge in [0.2, 0.25) is 5.91 Å². The average molecular weight is 184 g/mol. The summed E-state index contributed by atoms with van der Waals surface area (Å²) < 4.78 is 0. The van der Waals surface area contributed by atoms with Crippen LogP contribution in [0.15, 0.2) is 0 Å². The molecular formula is C10H20N2O. The molecule has 0 atom stereocenters. The van der Waals surface area contributed by atoms with E-state index >= 15 is 0 Å². The molecule has 1 aliphatic rings. The maximum absolute atomic E-state index is 11.5. The summed E-state index contributed by atoms with van der Waals surface area (Å²) in [7, 11) is 0. The van der Waals surface area contributed by atoms with Gasteiger partial charge in [-0.15, -0.1) is 0 Å². The normalized spacial score (nSPS) is 16.5. The topological polar surface area (TPSA) is 46.3 Å². The zero-order valence-corrected chi connectivity index (χ0v) is 8.30. The fourth-order valence-electron chi connectivity index (χ4n) is 1.72. The first-order valence-electron chi connectivity index (χ1n) is 5.32. The van der Waals surface area contributed by atoms with Crippen molar-refractivity contribution >= 4 is 5.91 Å². The second kappa shape index (κ2) is 5.97. The third-order valence-electron chi connectivity index (χ3n) is 2.55. The van der Waals surface area contributed by atoms with Gasteiger partial charge in [0.05, 0.1) is 0 Å². The molecule has 0 aromatic carbocycles. The van der Waals surface area contributed by atoms with Crippen molar-refractivity contribution in [1.29, 1.82) is 0 Å². The van der Waals surface area contributed by atoms with E-state index in [1.165, 1.54) is 12.8 Å². The van der Waals surface area contributed by atoms with Crippen molar-refractivity contribution in [3.05, 3.63) is 0 Å². The molecule has 0 aliphatic carbocycles. The van der Waals surface area contributed by atoms with Gasteiger partial charge in [0.1, 0.15) is 0 Å². The summed E-state index contributed by atoms with van der Waals surface area (Å²) in [5, 5.41) is 0. The van der Waals surface area contributed by atoms with Crippen LogP contribution >= 0.6 is 0 Å². The Labute approximate surface area is 80.3 Å². The molecule has 0 spiro atoms. The van der Waals surface area contributed by atoms with Gasteiger partial charge in [-0.25, -0.2) is 0 Å². The number of rotatable bonds is 5. The fourth-order valence-corrected chi connectivity index (χ4v) is 1.72. The third-order valence-corrected chi connectivity index (χ3v) is 2.55. The molecule has 0 unspecified atom stereocenters. The highest BCUT2D eigenvalue weighted by atomic mass is 16.2. The lowest BCUT2D eigenvalue weighted by Crippen LogP contribution is -2.27. The van der Waals surface area contributed by atoms with Crippen LogP contribution in [-0.4, -0.2) is 30.4 Å².